The summed E-state index contributed by atoms with van der Waals surface area (Å²) in [6.45, 7) is 7.12. The zero-order valence-electron chi connectivity index (χ0n) is 21.0. The van der Waals surface area contributed by atoms with Crippen LogP contribution in [0.4, 0.5) is 0 Å². The highest BCUT2D eigenvalue weighted by atomic mass is 16.5. The molecule has 0 spiro atoms. The maximum atomic E-state index is 13.3. The second-order valence-corrected chi connectivity index (χ2v) is 8.21. The topological polar surface area (TPSA) is 88.5 Å². The lowest BCUT2D eigenvalue weighted by Crippen LogP contribution is -2.33. The van der Waals surface area contributed by atoms with Crippen molar-refractivity contribution in [3.05, 3.63) is 59.2 Å². The highest BCUT2D eigenvalue weighted by molar-refractivity contribution is 6.46. The Balaban J connectivity index is 2.12. The SMILES string of the molecule is CCN(CC)CCCN1C(=O)C(=O)/C(=C(/O)c2ccc(OC)cc2)[C@H]1c1cc(OC)ccc1OC. The van der Waals surface area contributed by atoms with Gasteiger partial charge in [0.1, 0.15) is 23.0 Å². The van der Waals surface area contributed by atoms with Gasteiger partial charge in [-0.15, -0.1) is 0 Å². The second kappa shape index (κ2) is 11.8. The van der Waals surface area contributed by atoms with Gasteiger partial charge in [-0.2, -0.15) is 0 Å². The molecular formula is C27H34N2O6. The molecule has 1 amide bonds. The maximum absolute atomic E-state index is 13.3. The summed E-state index contributed by atoms with van der Waals surface area (Å²) in [4.78, 5) is 30.3. The minimum Gasteiger partial charge on any atom is -0.507 e. The van der Waals surface area contributed by atoms with Gasteiger partial charge in [-0.05, 0) is 68.5 Å². The number of benzene rings is 2. The van der Waals surface area contributed by atoms with Crippen molar-refractivity contribution in [3.63, 3.8) is 0 Å². The molecule has 1 aliphatic heterocycles. The predicted molar refractivity (Wildman–Crippen MR) is 134 cm³/mol. The average Bonchev–Trinajstić information content (AvgIpc) is 3.15. The Morgan fingerprint density at radius 3 is 2.14 bits per heavy atom. The number of methoxy groups -OCH3 is 3. The van der Waals surface area contributed by atoms with Gasteiger partial charge in [-0.1, -0.05) is 13.8 Å². The van der Waals surface area contributed by atoms with E-state index in [0.29, 0.717) is 41.3 Å². The Morgan fingerprint density at radius 1 is 0.943 bits per heavy atom. The van der Waals surface area contributed by atoms with E-state index in [-0.39, 0.29) is 11.3 Å². The Kier molecular flexibility index (Phi) is 8.76. The number of carbonyl (C=O) groups excluding carboxylic acids is 2. The van der Waals surface area contributed by atoms with Crippen molar-refractivity contribution >= 4 is 17.4 Å². The summed E-state index contributed by atoms with van der Waals surface area (Å²) < 4.78 is 16.2. The normalized spacial score (nSPS) is 17.2. The van der Waals surface area contributed by atoms with Crippen LogP contribution in [0.3, 0.4) is 0 Å². The lowest BCUT2D eigenvalue weighted by molar-refractivity contribution is -0.140. The maximum Gasteiger partial charge on any atom is 0.295 e. The summed E-state index contributed by atoms with van der Waals surface area (Å²) in [7, 11) is 4.62. The molecule has 1 aliphatic rings. The molecule has 0 aromatic heterocycles. The first-order valence-electron chi connectivity index (χ1n) is 11.8. The lowest BCUT2D eigenvalue weighted by Gasteiger charge is -2.28. The molecule has 0 radical (unpaired) electrons. The molecule has 1 N–H and O–H groups in total. The van der Waals surface area contributed by atoms with Gasteiger partial charge >= 0.3 is 0 Å². The van der Waals surface area contributed by atoms with Gasteiger partial charge in [-0.25, -0.2) is 0 Å². The number of Topliss-reactive ketones (excluding diaryl/α,β-unsaturated/α-hetero) is 1. The molecule has 35 heavy (non-hydrogen) atoms. The fraction of sp³-hybridized carbons (Fsp3) is 0.407. The molecule has 8 nitrogen and oxygen atoms in total. The summed E-state index contributed by atoms with van der Waals surface area (Å²) in [6.07, 6.45) is 0.681. The van der Waals surface area contributed by atoms with Crippen molar-refractivity contribution in [2.45, 2.75) is 26.3 Å². The van der Waals surface area contributed by atoms with Gasteiger partial charge in [0.2, 0.25) is 0 Å². The Bertz CT molecular complexity index is 1080. The number of aliphatic hydroxyl groups is 1. The highest BCUT2D eigenvalue weighted by Gasteiger charge is 2.47. The summed E-state index contributed by atoms with van der Waals surface area (Å²) in [6, 6.07) is 11.1. The van der Waals surface area contributed by atoms with E-state index in [2.05, 4.69) is 18.7 Å². The van der Waals surface area contributed by atoms with Gasteiger partial charge in [0.25, 0.3) is 11.7 Å². The van der Waals surface area contributed by atoms with E-state index < -0.39 is 17.7 Å². The molecule has 8 heteroatoms. The number of ether oxygens (including phenoxy) is 3. The van der Waals surface area contributed by atoms with Crippen molar-refractivity contribution in [3.8, 4) is 17.2 Å². The molecule has 1 saturated heterocycles. The minimum atomic E-state index is -0.821. The fourth-order valence-corrected chi connectivity index (χ4v) is 4.40. The van der Waals surface area contributed by atoms with Crippen LogP contribution in [0, 0.1) is 0 Å². The third-order valence-electron chi connectivity index (χ3n) is 6.40. The largest absolute Gasteiger partial charge is 0.507 e. The number of hydrogen-bond acceptors (Lipinski definition) is 7. The van der Waals surface area contributed by atoms with Crippen LogP contribution in [0.5, 0.6) is 17.2 Å². The van der Waals surface area contributed by atoms with Crippen molar-refractivity contribution in [1.82, 2.24) is 9.80 Å². The van der Waals surface area contributed by atoms with Crippen LogP contribution in [0.2, 0.25) is 0 Å². The quantitative estimate of drug-likeness (QED) is 0.296. The van der Waals surface area contributed by atoms with Gasteiger partial charge in [0.15, 0.2) is 0 Å². The molecule has 1 fully saturated rings. The van der Waals surface area contributed by atoms with E-state index in [1.54, 1.807) is 56.7 Å². The zero-order chi connectivity index (χ0) is 25.5. The van der Waals surface area contributed by atoms with Crippen LogP contribution in [0.15, 0.2) is 48.0 Å². The average molecular weight is 483 g/mol. The second-order valence-electron chi connectivity index (χ2n) is 8.21. The molecular weight excluding hydrogens is 448 g/mol. The Labute approximate surface area is 206 Å². The number of hydrogen-bond donors (Lipinski definition) is 1. The van der Waals surface area contributed by atoms with Crippen LogP contribution < -0.4 is 14.2 Å². The van der Waals surface area contributed by atoms with E-state index in [4.69, 9.17) is 14.2 Å². The zero-order valence-corrected chi connectivity index (χ0v) is 21.0. The molecule has 2 aromatic rings. The Morgan fingerprint density at radius 2 is 1.57 bits per heavy atom. The molecule has 0 saturated carbocycles. The number of ketones is 1. The first-order valence-corrected chi connectivity index (χ1v) is 11.8. The minimum absolute atomic E-state index is 0.0227. The van der Waals surface area contributed by atoms with Gasteiger partial charge < -0.3 is 29.1 Å². The first-order chi connectivity index (χ1) is 16.9. The molecule has 3 rings (SSSR count). The molecule has 0 aliphatic carbocycles. The van der Waals surface area contributed by atoms with Crippen molar-refractivity contribution in [2.24, 2.45) is 0 Å². The molecule has 0 bridgehead atoms. The van der Waals surface area contributed by atoms with Gasteiger partial charge in [0, 0.05) is 17.7 Å². The third-order valence-corrected chi connectivity index (χ3v) is 6.40. The van der Waals surface area contributed by atoms with Gasteiger partial charge in [0.05, 0.1) is 32.9 Å². The van der Waals surface area contributed by atoms with E-state index in [0.717, 1.165) is 19.6 Å². The van der Waals surface area contributed by atoms with Crippen LogP contribution in [0.1, 0.15) is 37.4 Å². The summed E-state index contributed by atoms with van der Waals surface area (Å²) in [5, 5.41) is 11.3. The van der Waals surface area contributed by atoms with Crippen LogP contribution >= 0.6 is 0 Å². The van der Waals surface area contributed by atoms with E-state index in [1.165, 1.54) is 12.0 Å². The lowest BCUT2D eigenvalue weighted by atomic mass is 9.94. The summed E-state index contributed by atoms with van der Waals surface area (Å²) in [5.41, 5.74) is 1.01. The number of likely N-dealkylation sites (tertiary alicyclic amines) is 1. The van der Waals surface area contributed by atoms with Crippen LogP contribution in [-0.2, 0) is 9.59 Å². The van der Waals surface area contributed by atoms with E-state index in [1.807, 2.05) is 0 Å². The first kappa shape index (κ1) is 26.1. The smallest absolute Gasteiger partial charge is 0.295 e. The molecule has 1 heterocycles. The number of rotatable bonds is 11. The molecule has 1 atom stereocenters. The van der Waals surface area contributed by atoms with E-state index in [9.17, 15) is 14.7 Å². The summed E-state index contributed by atoms with van der Waals surface area (Å²) >= 11 is 0. The van der Waals surface area contributed by atoms with Crippen molar-refractivity contribution in [1.29, 1.82) is 0 Å². The monoisotopic (exact) mass is 482 g/mol. The number of aliphatic hydroxyl groups excluding tert-OH is 1. The van der Waals surface area contributed by atoms with Crippen molar-refractivity contribution < 1.29 is 28.9 Å². The molecule has 188 valence electrons. The van der Waals surface area contributed by atoms with Crippen molar-refractivity contribution in [2.75, 3.05) is 47.5 Å². The number of amides is 1. The number of carbonyl (C=O) groups is 2. The highest BCUT2D eigenvalue weighted by Crippen LogP contribution is 2.44. The molecule has 2 aromatic carbocycles. The fourth-order valence-electron chi connectivity index (χ4n) is 4.40. The predicted octanol–water partition coefficient (Wildman–Crippen LogP) is 3.87. The third kappa shape index (κ3) is 5.43. The standard InChI is InChI=1S/C27H34N2O6/c1-6-28(7-2)15-8-16-29-24(21-17-20(34-4)13-14-22(21)35-5)23(26(31)27(29)32)25(30)18-9-11-19(33-3)12-10-18/h9-14,17,24,30H,6-8,15-16H2,1-5H3/b25-23+/t24-/m1/s1. The van der Waals surface area contributed by atoms with Gasteiger partial charge in [-0.3, -0.25) is 9.59 Å². The summed E-state index contributed by atoms with van der Waals surface area (Å²) in [5.74, 6) is 0.0492. The van der Waals surface area contributed by atoms with E-state index >= 15 is 0 Å². The van der Waals surface area contributed by atoms with Crippen LogP contribution in [0.25, 0.3) is 5.76 Å². The molecule has 0 unspecified atom stereocenters. The number of nitrogens with zero attached hydrogens (tertiary/aromatic N) is 2. The Hall–Kier alpha value is -3.52. The van der Waals surface area contributed by atoms with Crippen LogP contribution in [-0.4, -0.2) is 74.1 Å².